The van der Waals surface area contributed by atoms with E-state index in [1.165, 1.54) is 0 Å². The van der Waals surface area contributed by atoms with Gasteiger partial charge in [-0.05, 0) is 19.9 Å². The van der Waals surface area contributed by atoms with Crippen LogP contribution in [0.15, 0.2) is 11.8 Å². The molecule has 0 atom stereocenters. The van der Waals surface area contributed by atoms with Crippen molar-refractivity contribution >= 4 is 5.78 Å². The normalized spacial score (nSPS) is 18.3. The molecule has 0 saturated carbocycles. The summed E-state index contributed by atoms with van der Waals surface area (Å²) in [5, 5.41) is 0. The van der Waals surface area contributed by atoms with E-state index in [0.29, 0.717) is 6.29 Å². The van der Waals surface area contributed by atoms with E-state index in [4.69, 9.17) is 9.16 Å². The lowest BCUT2D eigenvalue weighted by atomic mass is 10.3. The van der Waals surface area contributed by atoms with Crippen LogP contribution in [0.3, 0.4) is 0 Å². The smallest absolute Gasteiger partial charge is 0.341 e. The Kier molecular flexibility index (Phi) is 1.47. The van der Waals surface area contributed by atoms with E-state index in [1.54, 1.807) is 6.92 Å². The maximum absolute atomic E-state index is 5.09. The molecule has 50 valence electrons. The molecule has 1 aliphatic heterocycles. The predicted molar refractivity (Wildman–Crippen MR) is 34.4 cm³/mol. The van der Waals surface area contributed by atoms with Gasteiger partial charge in [0, 0.05) is 6.92 Å². The third-order valence-electron chi connectivity index (χ3n) is 1.02. The number of ether oxygens (including phenoxy) is 1. The molecule has 0 saturated heterocycles. The molecule has 0 aromatic rings. The third kappa shape index (κ3) is 1.49. The summed E-state index contributed by atoms with van der Waals surface area (Å²) in [7, 11) is 0. The summed E-state index contributed by atoms with van der Waals surface area (Å²) in [6.45, 7) is 5.59. The second-order valence-electron chi connectivity index (χ2n) is 2.06. The molecule has 0 N–H and O–H groups in total. The lowest BCUT2D eigenvalue weighted by Gasteiger charge is -2.13. The van der Waals surface area contributed by atoms with Crippen LogP contribution in [0.4, 0.5) is 0 Å². The summed E-state index contributed by atoms with van der Waals surface area (Å²) in [5.41, 5.74) is 0. The van der Waals surface area contributed by atoms with Crippen LogP contribution in [0.1, 0.15) is 20.8 Å². The van der Waals surface area contributed by atoms with E-state index in [2.05, 4.69) is 0 Å². The highest BCUT2D eigenvalue weighted by Gasteiger charge is 2.09. The Morgan fingerprint density at radius 3 is 2.67 bits per heavy atom. The van der Waals surface area contributed by atoms with Gasteiger partial charge in [0.15, 0.2) is 5.78 Å². The first kappa shape index (κ1) is 6.20. The average molecular weight is 126 g/mol. The van der Waals surface area contributed by atoms with Crippen molar-refractivity contribution in [2.75, 3.05) is 0 Å². The molecule has 0 unspecified atom stereocenters. The second-order valence-corrected chi connectivity index (χ2v) is 2.06. The Hall–Kier alpha value is -0.920. The molecule has 0 aromatic heterocycles. The summed E-state index contributed by atoms with van der Waals surface area (Å²) in [4.78, 5) is 0. The molecule has 0 fully saturated rings. The molecule has 0 bridgehead atoms. The highest BCUT2D eigenvalue weighted by atomic mass is 16.6. The number of allylic oxidation sites excluding steroid dienone is 2. The number of hydrogen-bond donors (Lipinski definition) is 0. The van der Waals surface area contributed by atoms with Gasteiger partial charge in [0.05, 0.1) is 5.76 Å². The summed E-state index contributed by atoms with van der Waals surface area (Å²) in [5.74, 6) is 1.77. The largest absolute Gasteiger partial charge is 0.479 e. The fraction of sp³-hybridized carbons (Fsp3) is 0.429. The second kappa shape index (κ2) is 2.13. The molecule has 0 radical (unpaired) electrons. The molecule has 2 nitrogen and oxygen atoms in total. The summed E-state index contributed by atoms with van der Waals surface area (Å²) in [6.07, 6.45) is 2.46. The Bertz CT molecular complexity index is 168. The first-order valence-electron chi connectivity index (χ1n) is 2.89. The van der Waals surface area contributed by atoms with E-state index >= 15 is 0 Å². The van der Waals surface area contributed by atoms with Crippen molar-refractivity contribution < 1.29 is 9.16 Å². The first-order chi connectivity index (χ1) is 4.18. The zero-order valence-electron chi connectivity index (χ0n) is 5.89. The zero-order valence-corrected chi connectivity index (χ0v) is 5.89. The minimum Gasteiger partial charge on any atom is -0.479 e. The van der Waals surface area contributed by atoms with Crippen LogP contribution in [0.25, 0.3) is 0 Å². The molecular formula is C7H10O2. The van der Waals surface area contributed by atoms with Crippen molar-refractivity contribution in [2.24, 2.45) is 0 Å². The number of hydrogen-bond acceptors (Lipinski definition) is 1. The molecule has 1 aliphatic rings. The van der Waals surface area contributed by atoms with Crippen LogP contribution < -0.4 is 0 Å². The maximum Gasteiger partial charge on any atom is 0.341 e. The van der Waals surface area contributed by atoms with Crippen LogP contribution in [0.2, 0.25) is 0 Å². The van der Waals surface area contributed by atoms with Crippen molar-refractivity contribution in [1.29, 1.82) is 0 Å². The summed E-state index contributed by atoms with van der Waals surface area (Å²) < 4.78 is 10.2. The maximum atomic E-state index is 5.09. The van der Waals surface area contributed by atoms with Gasteiger partial charge in [-0.3, -0.25) is 0 Å². The van der Waals surface area contributed by atoms with Crippen molar-refractivity contribution in [2.45, 2.75) is 20.8 Å². The van der Waals surface area contributed by atoms with E-state index < -0.39 is 0 Å². The van der Waals surface area contributed by atoms with Crippen molar-refractivity contribution in [3.63, 3.8) is 0 Å². The molecule has 0 aliphatic carbocycles. The Morgan fingerprint density at radius 2 is 2.22 bits per heavy atom. The van der Waals surface area contributed by atoms with Gasteiger partial charge in [-0.15, -0.1) is 0 Å². The monoisotopic (exact) mass is 126 g/mol. The van der Waals surface area contributed by atoms with Crippen molar-refractivity contribution in [1.82, 2.24) is 0 Å². The molecular weight excluding hydrogens is 116 g/mol. The fourth-order valence-corrected chi connectivity index (χ4v) is 0.819. The highest BCUT2D eigenvalue weighted by molar-refractivity contribution is 5.88. The summed E-state index contributed by atoms with van der Waals surface area (Å²) in [6, 6.07) is 0. The van der Waals surface area contributed by atoms with Crippen molar-refractivity contribution in [3.8, 4) is 0 Å². The molecule has 0 amide bonds. The zero-order chi connectivity index (χ0) is 6.85. The quantitative estimate of drug-likeness (QED) is 0.356. The minimum atomic E-state index is 0.604. The van der Waals surface area contributed by atoms with Crippen LogP contribution in [-0.2, 0) is 9.16 Å². The van der Waals surface area contributed by atoms with E-state index in [0.717, 1.165) is 11.5 Å². The Balaban J connectivity index is 2.74. The van der Waals surface area contributed by atoms with Crippen LogP contribution in [0, 0.1) is 6.29 Å². The van der Waals surface area contributed by atoms with Crippen LogP contribution >= 0.6 is 0 Å². The number of rotatable bonds is 0. The van der Waals surface area contributed by atoms with Gasteiger partial charge in [0.25, 0.3) is 0 Å². The highest BCUT2D eigenvalue weighted by Crippen LogP contribution is 2.11. The first-order valence-corrected chi connectivity index (χ1v) is 2.89. The van der Waals surface area contributed by atoms with Crippen LogP contribution in [0.5, 0.6) is 0 Å². The molecule has 1 heterocycles. The average Bonchev–Trinajstić information content (AvgIpc) is 1.59. The molecule has 0 spiro atoms. The lowest BCUT2D eigenvalue weighted by Crippen LogP contribution is -2.08. The minimum absolute atomic E-state index is 0.604. The van der Waals surface area contributed by atoms with Gasteiger partial charge in [-0.1, -0.05) is 0 Å². The Labute approximate surface area is 54.8 Å². The van der Waals surface area contributed by atoms with Gasteiger partial charge >= 0.3 is 6.29 Å². The Morgan fingerprint density at radius 1 is 1.56 bits per heavy atom. The molecule has 1 rings (SSSR count). The van der Waals surface area contributed by atoms with Crippen molar-refractivity contribution in [3.05, 3.63) is 18.1 Å². The lowest BCUT2D eigenvalue weighted by molar-refractivity contribution is -0.487. The molecule has 2 heteroatoms. The summed E-state index contributed by atoms with van der Waals surface area (Å²) >= 11 is 0. The van der Waals surface area contributed by atoms with E-state index in [1.807, 2.05) is 19.9 Å². The van der Waals surface area contributed by atoms with E-state index in [-0.39, 0.29) is 0 Å². The topological polar surface area (TPSA) is 20.5 Å². The third-order valence-corrected chi connectivity index (χ3v) is 1.02. The van der Waals surface area contributed by atoms with Gasteiger partial charge < -0.3 is 9.16 Å². The van der Waals surface area contributed by atoms with Crippen LogP contribution in [-0.4, -0.2) is 5.78 Å². The van der Waals surface area contributed by atoms with Gasteiger partial charge in [-0.2, -0.15) is 0 Å². The SMILES string of the molecule is CC1=CC(C)=[O+][C-](C)O1. The van der Waals surface area contributed by atoms with E-state index in [9.17, 15) is 0 Å². The number of carbonyl (C=O) groups excluding carboxylic acids is 1. The van der Waals surface area contributed by atoms with Gasteiger partial charge in [0.2, 0.25) is 0 Å². The standard InChI is InChI=1S/C7H10O2/c1-5-4-6(2)9-7(3)8-5/h4H,1-3H3. The fourth-order valence-electron chi connectivity index (χ4n) is 0.819. The predicted octanol–water partition coefficient (Wildman–Crippen LogP) is 1.55. The molecule has 9 heavy (non-hydrogen) atoms. The van der Waals surface area contributed by atoms with Gasteiger partial charge in [0.1, 0.15) is 0 Å². The van der Waals surface area contributed by atoms with Gasteiger partial charge in [-0.25, -0.2) is 0 Å². The number of ketones is 1. The molecule has 0 aromatic carbocycles.